The molecule has 1 amide bonds. The average molecular weight is 449 g/mol. The van der Waals surface area contributed by atoms with Gasteiger partial charge in [-0.05, 0) is 31.9 Å². The summed E-state index contributed by atoms with van der Waals surface area (Å²) in [5.41, 5.74) is 2.93. The van der Waals surface area contributed by atoms with Gasteiger partial charge in [-0.2, -0.15) is 0 Å². The molecule has 0 aromatic carbocycles. The van der Waals surface area contributed by atoms with E-state index in [1.807, 2.05) is 31.0 Å². The van der Waals surface area contributed by atoms with Gasteiger partial charge in [0.1, 0.15) is 11.6 Å². The third-order valence-corrected chi connectivity index (χ3v) is 5.29. The second kappa shape index (κ2) is 10.9. The first-order valence-corrected chi connectivity index (χ1v) is 11.2. The Morgan fingerprint density at radius 1 is 1.33 bits per heavy atom. The molecule has 0 spiro atoms. The molecular formula is C25H32N6O2. The molecule has 3 N–H and O–H groups in total. The number of aliphatic hydroxyl groups excluding tert-OH is 1. The Balaban J connectivity index is 0.000000968. The lowest BCUT2D eigenvalue weighted by atomic mass is 9.88. The van der Waals surface area contributed by atoms with E-state index < -0.39 is 0 Å². The van der Waals surface area contributed by atoms with Gasteiger partial charge < -0.3 is 20.3 Å². The van der Waals surface area contributed by atoms with Crippen molar-refractivity contribution >= 4 is 22.6 Å². The number of fused-ring (bicyclic) bond motifs is 1. The van der Waals surface area contributed by atoms with Crippen molar-refractivity contribution in [3.8, 4) is 11.4 Å². The summed E-state index contributed by atoms with van der Waals surface area (Å²) >= 11 is 0. The number of carbonyl (C=O) groups is 1. The van der Waals surface area contributed by atoms with Crippen LogP contribution in [0.25, 0.3) is 22.3 Å². The van der Waals surface area contributed by atoms with Crippen LogP contribution in [-0.2, 0) is 4.79 Å². The molecule has 0 aliphatic heterocycles. The molecule has 1 saturated carbocycles. The van der Waals surface area contributed by atoms with Gasteiger partial charge in [0, 0.05) is 43.1 Å². The van der Waals surface area contributed by atoms with Crippen LogP contribution in [0.4, 0.5) is 5.82 Å². The molecular weight excluding hydrogens is 416 g/mol. The molecule has 8 heteroatoms. The highest BCUT2D eigenvalue weighted by Gasteiger charge is 2.29. The smallest absolute Gasteiger partial charge is 0.258 e. The average Bonchev–Trinajstić information content (AvgIpc) is 3.19. The van der Waals surface area contributed by atoms with Crippen LogP contribution in [0.2, 0.25) is 0 Å². The highest BCUT2D eigenvalue weighted by atomic mass is 16.3. The lowest BCUT2D eigenvalue weighted by molar-refractivity contribution is -0.112. The number of hydrogen-bond acceptors (Lipinski definition) is 6. The van der Waals surface area contributed by atoms with Gasteiger partial charge in [-0.15, -0.1) is 0 Å². The first-order valence-electron chi connectivity index (χ1n) is 11.2. The standard InChI is InChI=1S/C22H24N6O2.C3H8/c1-4-14(12-28(3)16-8-17(29)9-16)22(30)27-21-10-19-15(11-24-21)7-20(26-19)18-5-6-23-13(2)25-18;1-3-2/h4-7,10-12,16-17,26,29H,1,8-9H2,2-3H3,(H,24,27,30);3H2,1-2H3/b14-12+;. The topological polar surface area (TPSA) is 107 Å². The van der Waals surface area contributed by atoms with E-state index in [0.717, 1.165) is 22.3 Å². The zero-order valence-corrected chi connectivity index (χ0v) is 19.7. The molecule has 0 atom stereocenters. The quantitative estimate of drug-likeness (QED) is 0.385. The maximum Gasteiger partial charge on any atom is 0.258 e. The van der Waals surface area contributed by atoms with Crippen molar-refractivity contribution in [3.05, 3.63) is 60.8 Å². The number of aliphatic hydroxyl groups is 1. The number of H-pyrrole nitrogens is 1. The molecule has 174 valence electrons. The van der Waals surface area contributed by atoms with Crippen molar-refractivity contribution < 1.29 is 9.90 Å². The lowest BCUT2D eigenvalue weighted by Gasteiger charge is -2.38. The van der Waals surface area contributed by atoms with Gasteiger partial charge in [0.15, 0.2) is 0 Å². The van der Waals surface area contributed by atoms with Gasteiger partial charge in [-0.25, -0.2) is 15.0 Å². The number of hydrogen-bond donors (Lipinski definition) is 3. The summed E-state index contributed by atoms with van der Waals surface area (Å²) in [6.45, 7) is 9.84. The van der Waals surface area contributed by atoms with Crippen molar-refractivity contribution in [3.63, 3.8) is 0 Å². The van der Waals surface area contributed by atoms with Gasteiger partial charge in [0.25, 0.3) is 5.91 Å². The second-order valence-electron chi connectivity index (χ2n) is 8.22. The Hall–Kier alpha value is -3.52. The van der Waals surface area contributed by atoms with E-state index >= 15 is 0 Å². The summed E-state index contributed by atoms with van der Waals surface area (Å²) < 4.78 is 0. The summed E-state index contributed by atoms with van der Waals surface area (Å²) in [6, 6.07) is 5.83. The number of carbonyl (C=O) groups excluding carboxylic acids is 1. The molecule has 1 aliphatic rings. The van der Waals surface area contributed by atoms with Crippen LogP contribution in [0.5, 0.6) is 0 Å². The molecule has 33 heavy (non-hydrogen) atoms. The molecule has 1 fully saturated rings. The monoisotopic (exact) mass is 448 g/mol. The summed E-state index contributed by atoms with van der Waals surface area (Å²) in [4.78, 5) is 30.8. The fourth-order valence-corrected chi connectivity index (χ4v) is 3.45. The Morgan fingerprint density at radius 3 is 2.70 bits per heavy atom. The van der Waals surface area contributed by atoms with E-state index in [-0.39, 0.29) is 18.1 Å². The summed E-state index contributed by atoms with van der Waals surface area (Å²) in [7, 11) is 1.90. The van der Waals surface area contributed by atoms with Crippen LogP contribution in [0, 0.1) is 6.92 Å². The largest absolute Gasteiger partial charge is 0.393 e. The van der Waals surface area contributed by atoms with Gasteiger partial charge in [0.05, 0.1) is 28.6 Å². The predicted molar refractivity (Wildman–Crippen MR) is 132 cm³/mol. The summed E-state index contributed by atoms with van der Waals surface area (Å²) in [5, 5.41) is 13.2. The van der Waals surface area contributed by atoms with E-state index in [0.29, 0.717) is 30.1 Å². The number of aryl methyl sites for hydroxylation is 1. The number of aromatic amines is 1. The minimum Gasteiger partial charge on any atom is -0.393 e. The van der Waals surface area contributed by atoms with Gasteiger partial charge in [-0.1, -0.05) is 32.9 Å². The van der Waals surface area contributed by atoms with Crippen molar-refractivity contribution in [1.29, 1.82) is 0 Å². The molecule has 3 aromatic rings. The van der Waals surface area contributed by atoms with Crippen LogP contribution >= 0.6 is 0 Å². The normalized spacial score (nSPS) is 17.5. The second-order valence-corrected chi connectivity index (χ2v) is 8.22. The number of rotatable bonds is 6. The van der Waals surface area contributed by atoms with Crippen molar-refractivity contribution in [2.75, 3.05) is 12.4 Å². The van der Waals surface area contributed by atoms with Crippen molar-refractivity contribution in [1.82, 2.24) is 24.8 Å². The summed E-state index contributed by atoms with van der Waals surface area (Å²) in [6.07, 6.45) is 9.11. The van der Waals surface area contributed by atoms with Crippen molar-refractivity contribution in [2.24, 2.45) is 0 Å². The van der Waals surface area contributed by atoms with Crippen LogP contribution in [0.1, 0.15) is 38.9 Å². The maximum absolute atomic E-state index is 12.7. The third-order valence-electron chi connectivity index (χ3n) is 5.29. The zero-order valence-electron chi connectivity index (χ0n) is 19.7. The molecule has 8 nitrogen and oxygen atoms in total. The Labute approximate surface area is 194 Å². The van der Waals surface area contributed by atoms with Crippen molar-refractivity contribution in [2.45, 2.75) is 52.2 Å². The van der Waals surface area contributed by atoms with Gasteiger partial charge in [-0.3, -0.25) is 4.79 Å². The Bertz CT molecular complexity index is 1150. The minimum absolute atomic E-state index is 0.236. The molecule has 0 bridgehead atoms. The van der Waals surface area contributed by atoms with E-state index in [9.17, 15) is 9.90 Å². The van der Waals surface area contributed by atoms with E-state index in [2.05, 4.69) is 45.7 Å². The van der Waals surface area contributed by atoms with Gasteiger partial charge in [0.2, 0.25) is 0 Å². The molecule has 0 saturated heterocycles. The predicted octanol–water partition coefficient (Wildman–Crippen LogP) is 4.21. The van der Waals surface area contributed by atoms with E-state index in [1.165, 1.54) is 12.5 Å². The molecule has 4 rings (SSSR count). The SMILES string of the molecule is C=C/C(=C\N(C)C1CC(O)C1)C(=O)Nc1cc2[nH]c(-c3ccnc(C)n3)cc2cn1.CCC. The van der Waals surface area contributed by atoms with Crippen LogP contribution in [0.15, 0.2) is 55.0 Å². The Morgan fingerprint density at radius 2 is 2.06 bits per heavy atom. The van der Waals surface area contributed by atoms with Crippen LogP contribution < -0.4 is 5.32 Å². The number of nitrogens with zero attached hydrogens (tertiary/aromatic N) is 4. The molecule has 3 aromatic heterocycles. The number of pyridine rings is 1. The van der Waals surface area contributed by atoms with E-state index in [1.54, 1.807) is 24.7 Å². The third kappa shape index (κ3) is 6.04. The molecule has 0 unspecified atom stereocenters. The zero-order chi connectivity index (χ0) is 24.0. The number of nitrogens with one attached hydrogen (secondary N) is 2. The number of anilines is 1. The Kier molecular flexibility index (Phi) is 7.95. The van der Waals surface area contributed by atoms with Crippen LogP contribution in [0.3, 0.4) is 0 Å². The van der Waals surface area contributed by atoms with Gasteiger partial charge >= 0.3 is 0 Å². The first kappa shape index (κ1) is 24.1. The fraction of sp³-hybridized carbons (Fsp3) is 0.360. The van der Waals surface area contributed by atoms with E-state index in [4.69, 9.17) is 0 Å². The highest BCUT2D eigenvalue weighted by molar-refractivity contribution is 6.05. The number of aromatic nitrogens is 4. The molecule has 1 aliphatic carbocycles. The highest BCUT2D eigenvalue weighted by Crippen LogP contribution is 2.26. The fourth-order valence-electron chi connectivity index (χ4n) is 3.45. The minimum atomic E-state index is -0.290. The first-order chi connectivity index (χ1) is 15.8. The number of amides is 1. The maximum atomic E-state index is 12.7. The lowest BCUT2D eigenvalue weighted by Crippen LogP contribution is -2.43. The molecule has 0 radical (unpaired) electrons. The summed E-state index contributed by atoms with van der Waals surface area (Å²) in [5.74, 6) is 0.846. The molecule has 3 heterocycles. The van der Waals surface area contributed by atoms with Crippen LogP contribution in [-0.4, -0.2) is 55.0 Å².